The molecule has 1 heterocycles. The Morgan fingerprint density at radius 2 is 2.22 bits per heavy atom. The maximum Gasteiger partial charge on any atom is 0.127 e. The third kappa shape index (κ3) is 2.06. The van der Waals surface area contributed by atoms with E-state index in [0.717, 1.165) is 35.2 Å². The third-order valence-corrected chi connectivity index (χ3v) is 4.32. The molecule has 0 saturated heterocycles. The summed E-state index contributed by atoms with van der Waals surface area (Å²) in [7, 11) is 0. The van der Waals surface area contributed by atoms with Gasteiger partial charge in [-0.15, -0.1) is 0 Å². The molecule has 3 rings (SSSR count). The first kappa shape index (κ1) is 12.5. The van der Waals surface area contributed by atoms with E-state index in [1.807, 2.05) is 25.1 Å². The standard InChI is InChI=1S/C14H17BrO3/c1-2-17-10-6-14(7-10)8-12(16)11-4-3-9(15)5-13(11)18-14/h3-5,10,12,16H,2,6-8H2,1H3/t10?,12-,14?/m0/s1. The van der Waals surface area contributed by atoms with Gasteiger partial charge >= 0.3 is 0 Å². The van der Waals surface area contributed by atoms with Crippen LogP contribution in [0.3, 0.4) is 0 Å². The maximum atomic E-state index is 10.2. The Hall–Kier alpha value is -0.580. The smallest absolute Gasteiger partial charge is 0.127 e. The van der Waals surface area contributed by atoms with Crippen molar-refractivity contribution < 1.29 is 14.6 Å². The first-order chi connectivity index (χ1) is 8.62. The molecule has 1 N–H and O–H groups in total. The van der Waals surface area contributed by atoms with Crippen molar-refractivity contribution >= 4 is 15.9 Å². The van der Waals surface area contributed by atoms with Crippen LogP contribution in [-0.4, -0.2) is 23.4 Å². The fourth-order valence-corrected chi connectivity index (χ4v) is 3.32. The number of fused-ring (bicyclic) bond motifs is 1. The van der Waals surface area contributed by atoms with E-state index in [1.165, 1.54) is 0 Å². The second-order valence-electron chi connectivity index (χ2n) is 5.17. The molecule has 2 aliphatic rings. The molecule has 0 amide bonds. The highest BCUT2D eigenvalue weighted by Crippen LogP contribution is 2.50. The van der Waals surface area contributed by atoms with Crippen molar-refractivity contribution in [2.45, 2.75) is 44.0 Å². The van der Waals surface area contributed by atoms with Crippen LogP contribution in [-0.2, 0) is 4.74 Å². The average Bonchev–Trinajstić information content (AvgIpc) is 2.26. The molecule has 4 heteroatoms. The Kier molecular flexibility index (Phi) is 3.12. The second kappa shape index (κ2) is 4.51. The molecule has 1 fully saturated rings. The molecular weight excluding hydrogens is 296 g/mol. The minimum absolute atomic E-state index is 0.215. The molecule has 3 nitrogen and oxygen atoms in total. The van der Waals surface area contributed by atoms with Gasteiger partial charge in [-0.05, 0) is 19.1 Å². The number of halogens is 1. The number of aliphatic hydroxyl groups excluding tert-OH is 1. The number of ether oxygens (including phenoxy) is 2. The van der Waals surface area contributed by atoms with E-state index in [9.17, 15) is 5.11 Å². The van der Waals surface area contributed by atoms with Crippen molar-refractivity contribution in [3.8, 4) is 5.75 Å². The second-order valence-corrected chi connectivity index (χ2v) is 6.09. The van der Waals surface area contributed by atoms with Crippen LogP contribution in [0.2, 0.25) is 0 Å². The molecule has 18 heavy (non-hydrogen) atoms. The lowest BCUT2D eigenvalue weighted by atomic mass is 9.71. The Morgan fingerprint density at radius 1 is 1.44 bits per heavy atom. The summed E-state index contributed by atoms with van der Waals surface area (Å²) in [6.45, 7) is 2.75. The Bertz CT molecular complexity index is 454. The lowest BCUT2D eigenvalue weighted by Gasteiger charge is -2.50. The van der Waals surface area contributed by atoms with Crippen molar-refractivity contribution in [2.75, 3.05) is 6.61 Å². The van der Waals surface area contributed by atoms with Crippen LogP contribution < -0.4 is 4.74 Å². The van der Waals surface area contributed by atoms with Crippen LogP contribution in [0.5, 0.6) is 5.75 Å². The molecule has 0 bridgehead atoms. The highest BCUT2D eigenvalue weighted by atomic mass is 79.9. The SMILES string of the molecule is CCOC1CC2(C1)C[C@H](O)c1ccc(Br)cc1O2. The molecule has 1 aromatic carbocycles. The predicted octanol–water partition coefficient (Wildman–Crippen LogP) is 3.20. The van der Waals surface area contributed by atoms with Crippen molar-refractivity contribution in [1.82, 2.24) is 0 Å². The molecule has 0 unspecified atom stereocenters. The minimum Gasteiger partial charge on any atom is -0.487 e. The number of aliphatic hydroxyl groups is 1. The quantitative estimate of drug-likeness (QED) is 0.911. The Morgan fingerprint density at radius 3 is 2.94 bits per heavy atom. The average molecular weight is 313 g/mol. The first-order valence-electron chi connectivity index (χ1n) is 6.40. The summed E-state index contributed by atoms with van der Waals surface area (Å²) >= 11 is 3.44. The van der Waals surface area contributed by atoms with Crippen molar-refractivity contribution in [2.24, 2.45) is 0 Å². The van der Waals surface area contributed by atoms with E-state index in [1.54, 1.807) is 0 Å². The van der Waals surface area contributed by atoms with Crippen molar-refractivity contribution in [3.05, 3.63) is 28.2 Å². The van der Waals surface area contributed by atoms with Gasteiger partial charge in [0.25, 0.3) is 0 Å². The first-order valence-corrected chi connectivity index (χ1v) is 7.19. The summed E-state index contributed by atoms with van der Waals surface area (Å²) in [5, 5.41) is 10.2. The molecule has 1 saturated carbocycles. The van der Waals surface area contributed by atoms with E-state index in [2.05, 4.69) is 15.9 Å². The lowest BCUT2D eigenvalue weighted by molar-refractivity contribution is -0.147. The zero-order valence-corrected chi connectivity index (χ0v) is 11.9. The zero-order chi connectivity index (χ0) is 12.8. The number of hydrogen-bond acceptors (Lipinski definition) is 3. The van der Waals surface area contributed by atoms with Gasteiger partial charge in [-0.2, -0.15) is 0 Å². The lowest BCUT2D eigenvalue weighted by Crippen LogP contribution is -2.55. The van der Waals surface area contributed by atoms with Crippen molar-refractivity contribution in [1.29, 1.82) is 0 Å². The van der Waals surface area contributed by atoms with E-state index < -0.39 is 6.10 Å². The summed E-state index contributed by atoms with van der Waals surface area (Å²) in [4.78, 5) is 0. The maximum absolute atomic E-state index is 10.2. The molecule has 1 atom stereocenters. The largest absolute Gasteiger partial charge is 0.487 e. The van der Waals surface area contributed by atoms with Gasteiger partial charge in [0, 0.05) is 35.9 Å². The normalized spacial score (nSPS) is 33.7. The topological polar surface area (TPSA) is 38.7 Å². The van der Waals surface area contributed by atoms with Crippen LogP contribution in [0, 0.1) is 0 Å². The van der Waals surface area contributed by atoms with Gasteiger partial charge in [0.15, 0.2) is 0 Å². The molecule has 0 aromatic heterocycles. The third-order valence-electron chi connectivity index (χ3n) is 3.83. The van der Waals surface area contributed by atoms with Crippen LogP contribution in [0.4, 0.5) is 0 Å². The minimum atomic E-state index is -0.426. The Labute approximate surface area is 115 Å². The summed E-state index contributed by atoms with van der Waals surface area (Å²) in [5.74, 6) is 0.804. The van der Waals surface area contributed by atoms with Gasteiger partial charge in [-0.3, -0.25) is 0 Å². The number of rotatable bonds is 2. The zero-order valence-electron chi connectivity index (χ0n) is 10.4. The predicted molar refractivity (Wildman–Crippen MR) is 71.7 cm³/mol. The van der Waals surface area contributed by atoms with Gasteiger partial charge in [-0.1, -0.05) is 22.0 Å². The van der Waals surface area contributed by atoms with E-state index in [0.29, 0.717) is 6.42 Å². The summed E-state index contributed by atoms with van der Waals surface area (Å²) in [5.41, 5.74) is 0.677. The van der Waals surface area contributed by atoms with Gasteiger partial charge < -0.3 is 14.6 Å². The fourth-order valence-electron chi connectivity index (χ4n) is 2.98. The molecule has 1 aliphatic carbocycles. The highest BCUT2D eigenvalue weighted by molar-refractivity contribution is 9.10. The molecule has 98 valence electrons. The van der Waals surface area contributed by atoms with E-state index >= 15 is 0 Å². The summed E-state index contributed by atoms with van der Waals surface area (Å²) in [6.07, 6.45) is 2.29. The van der Waals surface area contributed by atoms with Gasteiger partial charge in [0.2, 0.25) is 0 Å². The molecule has 1 spiro atoms. The summed E-state index contributed by atoms with van der Waals surface area (Å²) in [6, 6.07) is 5.80. The Balaban J connectivity index is 1.80. The number of benzene rings is 1. The highest BCUT2D eigenvalue weighted by Gasteiger charge is 2.51. The van der Waals surface area contributed by atoms with Crippen LogP contribution in [0.1, 0.15) is 37.9 Å². The van der Waals surface area contributed by atoms with E-state index in [4.69, 9.17) is 9.47 Å². The molecule has 0 radical (unpaired) electrons. The number of hydrogen-bond donors (Lipinski definition) is 1. The van der Waals surface area contributed by atoms with Crippen LogP contribution in [0.25, 0.3) is 0 Å². The van der Waals surface area contributed by atoms with Crippen LogP contribution in [0.15, 0.2) is 22.7 Å². The molecular formula is C14H17BrO3. The van der Waals surface area contributed by atoms with E-state index in [-0.39, 0.29) is 11.7 Å². The molecule has 1 aliphatic heterocycles. The summed E-state index contributed by atoms with van der Waals surface area (Å²) < 4.78 is 12.7. The van der Waals surface area contributed by atoms with Crippen molar-refractivity contribution in [3.63, 3.8) is 0 Å². The van der Waals surface area contributed by atoms with Gasteiger partial charge in [0.05, 0.1) is 12.2 Å². The van der Waals surface area contributed by atoms with Gasteiger partial charge in [0.1, 0.15) is 11.4 Å². The van der Waals surface area contributed by atoms with Crippen LogP contribution >= 0.6 is 15.9 Å². The fraction of sp³-hybridized carbons (Fsp3) is 0.571. The molecule has 1 aromatic rings. The monoisotopic (exact) mass is 312 g/mol. The van der Waals surface area contributed by atoms with Gasteiger partial charge in [-0.25, -0.2) is 0 Å².